The molecule has 0 fully saturated rings. The van der Waals surface area contributed by atoms with Gasteiger partial charge in [0.05, 0.1) is 0 Å². The molecule has 2 aromatic rings. The monoisotopic (exact) mass is 287 g/mol. The summed E-state index contributed by atoms with van der Waals surface area (Å²) in [5, 5.41) is 8.31. The topological polar surface area (TPSA) is 72.0 Å². The van der Waals surface area contributed by atoms with Gasteiger partial charge in [-0.1, -0.05) is 30.4 Å². The minimum atomic E-state index is -3.96. The van der Waals surface area contributed by atoms with Gasteiger partial charge in [-0.2, -0.15) is 0 Å². The van der Waals surface area contributed by atoms with E-state index >= 15 is 0 Å². The number of benzene rings is 1. The molecule has 0 saturated carbocycles. The van der Waals surface area contributed by atoms with Gasteiger partial charge in [0.2, 0.25) is 5.13 Å². The number of nitrogens with zero attached hydrogens (tertiary/aromatic N) is 2. The molecule has 1 aromatic carbocycles. The first-order valence-electron chi connectivity index (χ1n) is 5.12. The number of halogens is 1. The molecule has 0 radical (unpaired) electrons. The van der Waals surface area contributed by atoms with Crippen LogP contribution in [-0.2, 0) is 16.4 Å². The van der Waals surface area contributed by atoms with Gasteiger partial charge in [0.15, 0.2) is 0 Å². The van der Waals surface area contributed by atoms with Gasteiger partial charge < -0.3 is 0 Å². The Hall–Kier alpha value is -1.54. The van der Waals surface area contributed by atoms with Gasteiger partial charge in [0, 0.05) is 0 Å². The summed E-state index contributed by atoms with van der Waals surface area (Å²) in [6.07, 6.45) is 0.666. The summed E-state index contributed by atoms with van der Waals surface area (Å²) in [7, 11) is -3.96. The molecular formula is C10H10FN3O2S2. The number of nitrogens with one attached hydrogen (secondary N) is 1. The van der Waals surface area contributed by atoms with Crippen molar-refractivity contribution in [2.24, 2.45) is 0 Å². The third-order valence-corrected chi connectivity index (χ3v) is 4.60. The third-order valence-electron chi connectivity index (χ3n) is 2.12. The lowest BCUT2D eigenvalue weighted by Gasteiger charge is -2.04. The Morgan fingerprint density at radius 3 is 2.67 bits per heavy atom. The molecular weight excluding hydrogens is 277 g/mol. The van der Waals surface area contributed by atoms with Crippen molar-refractivity contribution in [2.75, 3.05) is 4.72 Å². The molecule has 0 unspecified atom stereocenters. The van der Waals surface area contributed by atoms with Crippen LogP contribution in [0, 0.1) is 5.82 Å². The van der Waals surface area contributed by atoms with Crippen LogP contribution in [0.15, 0.2) is 29.2 Å². The molecule has 0 spiro atoms. The van der Waals surface area contributed by atoms with Gasteiger partial charge in [-0.05, 0) is 18.6 Å². The molecule has 2 rings (SSSR count). The van der Waals surface area contributed by atoms with Crippen molar-refractivity contribution in [1.82, 2.24) is 10.2 Å². The van der Waals surface area contributed by atoms with Crippen LogP contribution in [0.4, 0.5) is 9.52 Å². The fraction of sp³-hybridized carbons (Fsp3) is 0.200. The molecule has 1 aromatic heterocycles. The summed E-state index contributed by atoms with van der Waals surface area (Å²) in [6, 6.07) is 5.16. The fourth-order valence-electron chi connectivity index (χ4n) is 1.27. The Kier molecular flexibility index (Phi) is 3.58. The van der Waals surface area contributed by atoms with Crippen molar-refractivity contribution in [2.45, 2.75) is 18.2 Å². The number of hydrogen-bond acceptors (Lipinski definition) is 5. The van der Waals surface area contributed by atoms with Crippen molar-refractivity contribution >= 4 is 26.5 Å². The number of sulfonamides is 1. The second-order valence-corrected chi connectivity index (χ2v) is 6.10. The van der Waals surface area contributed by atoms with Crippen LogP contribution in [0.2, 0.25) is 0 Å². The third kappa shape index (κ3) is 2.65. The van der Waals surface area contributed by atoms with Gasteiger partial charge in [-0.25, -0.2) is 12.8 Å². The van der Waals surface area contributed by atoms with Gasteiger partial charge in [-0.3, -0.25) is 4.72 Å². The van der Waals surface area contributed by atoms with E-state index in [2.05, 4.69) is 14.9 Å². The number of aromatic nitrogens is 2. The van der Waals surface area contributed by atoms with E-state index in [1.807, 2.05) is 6.92 Å². The average molecular weight is 287 g/mol. The van der Waals surface area contributed by atoms with Gasteiger partial charge in [0.25, 0.3) is 10.0 Å². The summed E-state index contributed by atoms with van der Waals surface area (Å²) in [5.41, 5.74) is 0. The maximum Gasteiger partial charge on any atom is 0.266 e. The lowest BCUT2D eigenvalue weighted by atomic mass is 10.4. The largest absolute Gasteiger partial charge is 0.266 e. The zero-order valence-corrected chi connectivity index (χ0v) is 11.1. The first-order valence-corrected chi connectivity index (χ1v) is 7.42. The minimum Gasteiger partial charge on any atom is -0.253 e. The van der Waals surface area contributed by atoms with E-state index < -0.39 is 20.7 Å². The average Bonchev–Trinajstić information content (AvgIpc) is 2.76. The number of hydrogen-bond donors (Lipinski definition) is 1. The van der Waals surface area contributed by atoms with Gasteiger partial charge >= 0.3 is 0 Å². The van der Waals surface area contributed by atoms with Crippen molar-refractivity contribution in [1.29, 1.82) is 0 Å². The first-order chi connectivity index (χ1) is 8.53. The molecule has 0 bridgehead atoms. The van der Waals surface area contributed by atoms with Crippen LogP contribution in [-0.4, -0.2) is 18.6 Å². The zero-order chi connectivity index (χ0) is 13.2. The summed E-state index contributed by atoms with van der Waals surface area (Å²) in [5.74, 6) is -0.801. The van der Waals surface area contributed by atoms with Crippen LogP contribution < -0.4 is 4.72 Å². The Balaban J connectivity index is 2.30. The first kappa shape index (κ1) is 12.9. The molecule has 0 saturated heterocycles. The fourth-order valence-corrected chi connectivity index (χ4v) is 3.26. The molecule has 96 valence electrons. The standard InChI is InChI=1S/C10H10FN3O2S2/c1-2-9-12-13-10(17-9)14-18(15,16)8-6-4-3-5-7(8)11/h3-6H,2H2,1H3,(H,13,14). The number of anilines is 1. The van der Waals surface area contributed by atoms with E-state index in [-0.39, 0.29) is 5.13 Å². The maximum atomic E-state index is 13.4. The van der Waals surface area contributed by atoms with E-state index in [9.17, 15) is 12.8 Å². The normalized spacial score (nSPS) is 11.4. The SMILES string of the molecule is CCc1nnc(NS(=O)(=O)c2ccccc2F)s1. The van der Waals surface area contributed by atoms with Crippen LogP contribution >= 0.6 is 11.3 Å². The van der Waals surface area contributed by atoms with Crippen LogP contribution in [0.1, 0.15) is 11.9 Å². The van der Waals surface area contributed by atoms with Crippen molar-refractivity contribution in [3.8, 4) is 0 Å². The number of rotatable bonds is 4. The summed E-state index contributed by atoms with van der Waals surface area (Å²) in [6.45, 7) is 1.88. The van der Waals surface area contributed by atoms with Gasteiger partial charge in [0.1, 0.15) is 15.7 Å². The molecule has 8 heteroatoms. The van der Waals surface area contributed by atoms with E-state index in [1.54, 1.807) is 0 Å². The molecule has 0 atom stereocenters. The molecule has 0 amide bonds. The molecule has 5 nitrogen and oxygen atoms in total. The smallest absolute Gasteiger partial charge is 0.253 e. The Bertz CT molecular complexity index is 655. The zero-order valence-electron chi connectivity index (χ0n) is 9.42. The quantitative estimate of drug-likeness (QED) is 0.934. The Morgan fingerprint density at radius 2 is 2.06 bits per heavy atom. The van der Waals surface area contributed by atoms with E-state index in [4.69, 9.17) is 0 Å². The van der Waals surface area contributed by atoms with Crippen molar-refractivity contribution < 1.29 is 12.8 Å². The lowest BCUT2D eigenvalue weighted by Crippen LogP contribution is -2.14. The molecule has 1 N–H and O–H groups in total. The lowest BCUT2D eigenvalue weighted by molar-refractivity contribution is 0.570. The van der Waals surface area contributed by atoms with Crippen LogP contribution in [0.3, 0.4) is 0 Å². The van der Waals surface area contributed by atoms with Crippen molar-refractivity contribution in [3.63, 3.8) is 0 Å². The van der Waals surface area contributed by atoms with Crippen LogP contribution in [0.5, 0.6) is 0 Å². The van der Waals surface area contributed by atoms with E-state index in [0.29, 0.717) is 11.4 Å². The molecule has 0 aliphatic heterocycles. The highest BCUT2D eigenvalue weighted by Crippen LogP contribution is 2.21. The summed E-state index contributed by atoms with van der Waals surface area (Å²) >= 11 is 1.13. The molecule has 1 heterocycles. The van der Waals surface area contributed by atoms with Crippen molar-refractivity contribution in [3.05, 3.63) is 35.1 Å². The highest BCUT2D eigenvalue weighted by atomic mass is 32.2. The van der Waals surface area contributed by atoms with E-state index in [0.717, 1.165) is 17.4 Å². The summed E-state index contributed by atoms with van der Waals surface area (Å²) < 4.78 is 39.4. The second kappa shape index (κ2) is 4.99. The molecule has 18 heavy (non-hydrogen) atoms. The minimum absolute atomic E-state index is 0.134. The molecule has 0 aliphatic carbocycles. The highest BCUT2D eigenvalue weighted by molar-refractivity contribution is 7.93. The molecule has 0 aliphatic rings. The van der Waals surface area contributed by atoms with Gasteiger partial charge in [-0.15, -0.1) is 10.2 Å². The predicted molar refractivity (Wildman–Crippen MR) is 66.5 cm³/mol. The maximum absolute atomic E-state index is 13.4. The Morgan fingerprint density at radius 1 is 1.33 bits per heavy atom. The van der Waals surface area contributed by atoms with E-state index in [1.165, 1.54) is 18.2 Å². The summed E-state index contributed by atoms with van der Waals surface area (Å²) in [4.78, 5) is -0.404. The number of aryl methyl sites for hydroxylation is 1. The highest BCUT2D eigenvalue weighted by Gasteiger charge is 2.20. The second-order valence-electron chi connectivity index (χ2n) is 3.39. The van der Waals surface area contributed by atoms with Crippen LogP contribution in [0.25, 0.3) is 0 Å². The Labute approximate surface area is 108 Å². The predicted octanol–water partition coefficient (Wildman–Crippen LogP) is 2.04.